The number of benzene rings is 1. The Morgan fingerprint density at radius 2 is 2.03 bits per heavy atom. The second-order valence-electron chi connectivity index (χ2n) is 8.56. The van der Waals surface area contributed by atoms with Crippen LogP contribution >= 0.6 is 0 Å². The highest BCUT2D eigenvalue weighted by atomic mass is 19.1. The monoisotopic (exact) mass is 448 g/mol. The molecule has 6 rings (SSSR count). The molecule has 1 aliphatic carbocycles. The number of nitrogens with zero attached hydrogens (tertiary/aromatic N) is 6. The van der Waals surface area contributed by atoms with Gasteiger partial charge in [0.2, 0.25) is 0 Å². The van der Waals surface area contributed by atoms with E-state index >= 15 is 0 Å². The molecule has 2 aliphatic rings. The first-order valence-electron chi connectivity index (χ1n) is 10.6. The molecule has 11 heteroatoms. The van der Waals surface area contributed by atoms with E-state index in [4.69, 9.17) is 9.72 Å². The first-order valence-corrected chi connectivity index (χ1v) is 10.6. The number of aryl methyl sites for hydroxylation is 1. The van der Waals surface area contributed by atoms with Crippen LogP contribution in [0.4, 0.5) is 15.9 Å². The van der Waals surface area contributed by atoms with Crippen molar-refractivity contribution >= 4 is 39.2 Å². The van der Waals surface area contributed by atoms with E-state index in [0.717, 1.165) is 24.1 Å². The second kappa shape index (κ2) is 6.99. The van der Waals surface area contributed by atoms with Crippen molar-refractivity contribution < 1.29 is 14.3 Å². The van der Waals surface area contributed by atoms with Gasteiger partial charge in [-0.2, -0.15) is 9.97 Å². The number of aromatic amines is 1. The second-order valence-corrected chi connectivity index (χ2v) is 8.56. The molecular formula is C22H21FN8O2. The highest BCUT2D eigenvalue weighted by Gasteiger charge is 2.54. The van der Waals surface area contributed by atoms with E-state index in [0.29, 0.717) is 52.6 Å². The highest BCUT2D eigenvalue weighted by molar-refractivity contribution is 6.15. The molecule has 3 aromatic heterocycles. The fraction of sp³-hybridized carbons (Fsp3) is 0.318. The van der Waals surface area contributed by atoms with Crippen molar-refractivity contribution in [1.29, 1.82) is 0 Å². The summed E-state index contributed by atoms with van der Waals surface area (Å²) in [6.45, 7) is 3.11. The molecule has 4 heterocycles. The Bertz CT molecular complexity index is 1430. The molecule has 4 aromatic rings. The Labute approximate surface area is 187 Å². The molecule has 168 valence electrons. The normalized spacial score (nSPS) is 18.0. The first kappa shape index (κ1) is 19.6. The van der Waals surface area contributed by atoms with Gasteiger partial charge in [-0.3, -0.25) is 0 Å². The van der Waals surface area contributed by atoms with Gasteiger partial charge in [0.1, 0.15) is 23.1 Å². The van der Waals surface area contributed by atoms with Crippen molar-refractivity contribution in [3.8, 4) is 11.8 Å². The maximum absolute atomic E-state index is 14.4. The number of anilines is 2. The molecule has 0 unspecified atom stereocenters. The van der Waals surface area contributed by atoms with Gasteiger partial charge in [0.25, 0.3) is 0 Å². The molecule has 10 nitrogen and oxygen atoms in total. The molecule has 0 amide bonds. The van der Waals surface area contributed by atoms with Gasteiger partial charge in [-0.05, 0) is 31.9 Å². The average Bonchev–Trinajstić information content (AvgIpc) is 3.12. The van der Waals surface area contributed by atoms with Crippen molar-refractivity contribution in [3.05, 3.63) is 36.2 Å². The van der Waals surface area contributed by atoms with Crippen LogP contribution < -0.4 is 15.0 Å². The summed E-state index contributed by atoms with van der Waals surface area (Å²) >= 11 is 0. The summed E-state index contributed by atoms with van der Waals surface area (Å²) in [5.41, 5.74) is 2.59. The SMILES string of the molecule is CNc1cc(F)cc2c1[nH]c1nc(Oc3cnc(C)nc3)nc(N3CC4(CC/C4=N\O)C3)c12. The summed E-state index contributed by atoms with van der Waals surface area (Å²) in [6.07, 6.45) is 4.89. The van der Waals surface area contributed by atoms with Gasteiger partial charge in [0.15, 0.2) is 5.75 Å². The number of H-pyrrole nitrogens is 1. The standard InChI is InChI=1S/C22H21FN8O2/c1-11-25-7-13(8-26-11)33-21-28-19-17(14-5-12(23)6-15(24-2)18(14)27-19)20(29-21)31-9-22(10-31)4-3-16(22)30-32/h5-8,24,32H,3-4,9-10H2,1-2H3,(H,27,28,29)/b30-16+. The minimum Gasteiger partial charge on any atom is -0.421 e. The van der Waals surface area contributed by atoms with E-state index in [2.05, 4.69) is 35.3 Å². The Morgan fingerprint density at radius 1 is 1.24 bits per heavy atom. The summed E-state index contributed by atoms with van der Waals surface area (Å²) in [5, 5.41) is 17.2. The minimum atomic E-state index is -0.357. The molecule has 2 fully saturated rings. The van der Waals surface area contributed by atoms with Crippen LogP contribution in [0.1, 0.15) is 18.7 Å². The number of aromatic nitrogens is 5. The fourth-order valence-corrected chi connectivity index (χ4v) is 4.76. The van der Waals surface area contributed by atoms with Crippen LogP contribution in [0.25, 0.3) is 21.9 Å². The van der Waals surface area contributed by atoms with E-state index in [1.165, 1.54) is 12.1 Å². The molecule has 1 saturated heterocycles. The molecule has 1 aliphatic heterocycles. The van der Waals surface area contributed by atoms with Crippen molar-refractivity contribution in [2.24, 2.45) is 10.6 Å². The van der Waals surface area contributed by atoms with E-state index < -0.39 is 0 Å². The summed E-state index contributed by atoms with van der Waals surface area (Å²) in [6, 6.07) is 3.05. The molecule has 1 saturated carbocycles. The topological polar surface area (TPSA) is 124 Å². The Balaban J connectivity index is 1.49. The third-order valence-corrected chi connectivity index (χ3v) is 6.58. The number of fused-ring (bicyclic) bond motifs is 3. The largest absolute Gasteiger partial charge is 0.421 e. The third kappa shape index (κ3) is 2.95. The van der Waals surface area contributed by atoms with E-state index in [9.17, 15) is 9.60 Å². The number of hydrogen-bond donors (Lipinski definition) is 3. The highest BCUT2D eigenvalue weighted by Crippen LogP contribution is 2.49. The molecule has 33 heavy (non-hydrogen) atoms. The zero-order valence-corrected chi connectivity index (χ0v) is 18.1. The van der Waals surface area contributed by atoms with Gasteiger partial charge >= 0.3 is 6.01 Å². The molecule has 0 bridgehead atoms. The summed E-state index contributed by atoms with van der Waals surface area (Å²) in [5.74, 6) is 1.32. The summed E-state index contributed by atoms with van der Waals surface area (Å²) in [7, 11) is 1.74. The molecule has 1 aromatic carbocycles. The number of hydrogen-bond acceptors (Lipinski definition) is 9. The van der Waals surface area contributed by atoms with Gasteiger partial charge in [-0.15, -0.1) is 0 Å². The first-order chi connectivity index (χ1) is 16.0. The van der Waals surface area contributed by atoms with Crippen LogP contribution in [-0.2, 0) is 0 Å². The van der Waals surface area contributed by atoms with Crippen molar-refractivity contribution in [2.75, 3.05) is 30.4 Å². The molecule has 0 atom stereocenters. The van der Waals surface area contributed by atoms with Crippen LogP contribution in [0.15, 0.2) is 29.7 Å². The molecule has 0 radical (unpaired) electrons. The van der Waals surface area contributed by atoms with Gasteiger partial charge in [-0.1, -0.05) is 5.16 Å². The van der Waals surface area contributed by atoms with Crippen molar-refractivity contribution in [3.63, 3.8) is 0 Å². The Morgan fingerprint density at radius 3 is 2.70 bits per heavy atom. The quantitative estimate of drug-likeness (QED) is 0.319. The third-order valence-electron chi connectivity index (χ3n) is 6.58. The zero-order valence-electron chi connectivity index (χ0n) is 18.1. The minimum absolute atomic E-state index is 0.120. The lowest BCUT2D eigenvalue weighted by atomic mass is 9.62. The zero-order chi connectivity index (χ0) is 22.7. The lowest BCUT2D eigenvalue weighted by Crippen LogP contribution is -2.65. The lowest BCUT2D eigenvalue weighted by molar-refractivity contribution is 0.223. The predicted molar refractivity (Wildman–Crippen MR) is 121 cm³/mol. The maximum Gasteiger partial charge on any atom is 0.326 e. The molecular weight excluding hydrogens is 427 g/mol. The Hall–Kier alpha value is -4.02. The van der Waals surface area contributed by atoms with Crippen LogP contribution in [0.2, 0.25) is 0 Å². The summed E-state index contributed by atoms with van der Waals surface area (Å²) in [4.78, 5) is 22.9. The predicted octanol–water partition coefficient (Wildman–Crippen LogP) is 3.61. The van der Waals surface area contributed by atoms with Crippen molar-refractivity contribution in [1.82, 2.24) is 24.9 Å². The fourth-order valence-electron chi connectivity index (χ4n) is 4.76. The summed E-state index contributed by atoms with van der Waals surface area (Å²) < 4.78 is 20.3. The van der Waals surface area contributed by atoms with E-state index in [1.54, 1.807) is 26.4 Å². The van der Waals surface area contributed by atoms with Crippen LogP contribution in [0.3, 0.4) is 0 Å². The average molecular weight is 448 g/mol. The Kier molecular flexibility index (Phi) is 4.16. The van der Waals surface area contributed by atoms with Crippen LogP contribution in [0, 0.1) is 18.2 Å². The number of oxime groups is 1. The maximum atomic E-state index is 14.4. The van der Waals surface area contributed by atoms with Crippen LogP contribution in [-0.4, -0.2) is 56.0 Å². The number of ether oxygens (including phenoxy) is 1. The van der Waals surface area contributed by atoms with Gasteiger partial charge in [-0.25, -0.2) is 14.4 Å². The van der Waals surface area contributed by atoms with Crippen LogP contribution in [0.5, 0.6) is 11.8 Å². The van der Waals surface area contributed by atoms with Gasteiger partial charge in [0, 0.05) is 30.9 Å². The molecule has 1 spiro atoms. The van der Waals surface area contributed by atoms with Gasteiger partial charge < -0.3 is 25.1 Å². The van der Waals surface area contributed by atoms with Crippen molar-refractivity contribution in [2.45, 2.75) is 19.8 Å². The van der Waals surface area contributed by atoms with E-state index in [-0.39, 0.29) is 17.2 Å². The van der Waals surface area contributed by atoms with Gasteiger partial charge in [0.05, 0.1) is 34.7 Å². The van der Waals surface area contributed by atoms with E-state index in [1.807, 2.05) is 0 Å². The lowest BCUT2D eigenvalue weighted by Gasteiger charge is -2.56. The number of halogens is 1. The number of nitrogens with one attached hydrogen (secondary N) is 2. The molecule has 3 N–H and O–H groups in total. The smallest absolute Gasteiger partial charge is 0.326 e. The number of rotatable bonds is 4.